The Morgan fingerprint density at radius 1 is 1.08 bits per heavy atom. The zero-order valence-corrected chi connectivity index (χ0v) is 13.2. The normalized spacial score (nSPS) is 12.0. The van der Waals surface area contributed by atoms with E-state index in [1.54, 1.807) is 0 Å². The number of halogens is 3. The molecule has 1 unspecified atom stereocenters. The molecule has 24 heavy (non-hydrogen) atoms. The van der Waals surface area contributed by atoms with Gasteiger partial charge in [0.15, 0.2) is 11.6 Å². The van der Waals surface area contributed by atoms with E-state index in [9.17, 15) is 18.0 Å². The Morgan fingerprint density at radius 2 is 1.75 bits per heavy atom. The van der Waals surface area contributed by atoms with Gasteiger partial charge in [-0.25, -0.2) is 13.2 Å². The number of nitrogens with one attached hydrogen (secondary N) is 1. The number of methoxy groups -OCH3 is 1. The van der Waals surface area contributed by atoms with Gasteiger partial charge >= 0.3 is 5.97 Å². The van der Waals surface area contributed by atoms with Crippen molar-refractivity contribution in [3.63, 3.8) is 0 Å². The van der Waals surface area contributed by atoms with Crippen LogP contribution in [0.2, 0.25) is 0 Å². The minimum atomic E-state index is -1.23. The molecular weight excluding hydrogens is 319 g/mol. The molecule has 0 spiro atoms. The third kappa shape index (κ3) is 4.83. The van der Waals surface area contributed by atoms with Crippen LogP contribution >= 0.6 is 0 Å². The van der Waals surface area contributed by atoms with Crippen LogP contribution in [0.15, 0.2) is 42.5 Å². The molecular formula is C18H18F3NO2. The molecule has 2 rings (SSSR count). The molecule has 0 radical (unpaired) electrons. The molecule has 0 saturated heterocycles. The number of rotatable bonds is 7. The van der Waals surface area contributed by atoms with E-state index in [0.717, 1.165) is 11.6 Å². The van der Waals surface area contributed by atoms with E-state index in [2.05, 4.69) is 5.32 Å². The maximum Gasteiger partial charge on any atom is 0.322 e. The highest BCUT2D eigenvalue weighted by Gasteiger charge is 2.20. The van der Waals surface area contributed by atoms with Crippen molar-refractivity contribution in [1.82, 2.24) is 5.32 Å². The van der Waals surface area contributed by atoms with Crippen molar-refractivity contribution in [1.29, 1.82) is 0 Å². The van der Waals surface area contributed by atoms with Crippen molar-refractivity contribution in [2.45, 2.75) is 25.4 Å². The highest BCUT2D eigenvalue weighted by Crippen LogP contribution is 2.16. The molecule has 1 atom stereocenters. The van der Waals surface area contributed by atoms with Gasteiger partial charge in [-0.1, -0.05) is 30.3 Å². The van der Waals surface area contributed by atoms with Crippen LogP contribution in [-0.4, -0.2) is 19.1 Å². The van der Waals surface area contributed by atoms with Gasteiger partial charge in [0.2, 0.25) is 0 Å². The Labute approximate surface area is 138 Å². The van der Waals surface area contributed by atoms with Crippen LogP contribution in [0.3, 0.4) is 0 Å². The second-order valence-electron chi connectivity index (χ2n) is 5.34. The summed E-state index contributed by atoms with van der Waals surface area (Å²) in [7, 11) is 1.26. The van der Waals surface area contributed by atoms with E-state index in [1.165, 1.54) is 7.11 Å². The lowest BCUT2D eigenvalue weighted by Gasteiger charge is -2.17. The Balaban J connectivity index is 2.01. The Hall–Kier alpha value is -2.34. The quantitative estimate of drug-likeness (QED) is 0.622. The zero-order chi connectivity index (χ0) is 17.5. The van der Waals surface area contributed by atoms with Gasteiger partial charge in [0.1, 0.15) is 11.9 Å². The molecule has 0 amide bonds. The number of carbonyl (C=O) groups excluding carboxylic acids is 1. The fraction of sp³-hybridized carbons (Fsp3) is 0.278. The number of benzene rings is 2. The molecule has 3 nitrogen and oxygen atoms in total. The van der Waals surface area contributed by atoms with Crippen molar-refractivity contribution in [2.24, 2.45) is 0 Å². The maximum atomic E-state index is 13.7. The van der Waals surface area contributed by atoms with Gasteiger partial charge in [-0.05, 0) is 30.0 Å². The third-order valence-electron chi connectivity index (χ3n) is 3.67. The number of carbonyl (C=O) groups is 1. The standard InChI is InChI=1S/C18H18F3NO2/c1-24-18(23)17(22-11-12-5-3-2-4-6-12)8-7-13-9-15(20)16(21)10-14(13)19/h2-6,9-10,17,22H,7-8,11H2,1H3. The minimum Gasteiger partial charge on any atom is -0.468 e. The summed E-state index contributed by atoms with van der Waals surface area (Å²) >= 11 is 0. The monoisotopic (exact) mass is 337 g/mol. The summed E-state index contributed by atoms with van der Waals surface area (Å²) in [6.07, 6.45) is 0.270. The summed E-state index contributed by atoms with van der Waals surface area (Å²) < 4.78 is 44.6. The van der Waals surface area contributed by atoms with E-state index in [-0.39, 0.29) is 18.4 Å². The van der Waals surface area contributed by atoms with Crippen LogP contribution < -0.4 is 5.32 Å². The predicted molar refractivity (Wildman–Crippen MR) is 83.7 cm³/mol. The molecule has 2 aromatic carbocycles. The van der Waals surface area contributed by atoms with Crippen molar-refractivity contribution in [3.05, 3.63) is 71.0 Å². The van der Waals surface area contributed by atoms with E-state index in [4.69, 9.17) is 4.74 Å². The van der Waals surface area contributed by atoms with Crippen molar-refractivity contribution in [2.75, 3.05) is 7.11 Å². The topological polar surface area (TPSA) is 38.3 Å². The van der Waals surface area contributed by atoms with Crippen LogP contribution in [0.1, 0.15) is 17.5 Å². The number of hydrogen-bond acceptors (Lipinski definition) is 3. The maximum absolute atomic E-state index is 13.7. The molecule has 128 valence electrons. The first-order valence-electron chi connectivity index (χ1n) is 7.50. The zero-order valence-electron chi connectivity index (χ0n) is 13.2. The molecule has 2 aromatic rings. The van der Waals surface area contributed by atoms with Gasteiger partial charge in [0.25, 0.3) is 0 Å². The molecule has 0 bridgehead atoms. The highest BCUT2D eigenvalue weighted by atomic mass is 19.2. The van der Waals surface area contributed by atoms with E-state index in [1.807, 2.05) is 30.3 Å². The first-order chi connectivity index (χ1) is 11.5. The Kier molecular flexibility index (Phi) is 6.37. The SMILES string of the molecule is COC(=O)C(CCc1cc(F)c(F)cc1F)NCc1ccccc1. The van der Waals surface area contributed by atoms with E-state index in [0.29, 0.717) is 12.6 Å². The van der Waals surface area contributed by atoms with Crippen LogP contribution in [0.25, 0.3) is 0 Å². The summed E-state index contributed by atoms with van der Waals surface area (Å²) in [6, 6.07) is 10.1. The van der Waals surface area contributed by atoms with E-state index < -0.39 is 29.5 Å². The first kappa shape index (κ1) is 18.0. The van der Waals surface area contributed by atoms with Gasteiger partial charge in [-0.2, -0.15) is 0 Å². The molecule has 0 aliphatic rings. The van der Waals surface area contributed by atoms with Crippen molar-refractivity contribution < 1.29 is 22.7 Å². The molecule has 1 N–H and O–H groups in total. The molecule has 0 aliphatic heterocycles. The number of hydrogen-bond donors (Lipinski definition) is 1. The van der Waals surface area contributed by atoms with Gasteiger partial charge < -0.3 is 10.1 Å². The number of aryl methyl sites for hydroxylation is 1. The summed E-state index contributed by atoms with van der Waals surface area (Å²) in [5, 5.41) is 3.04. The van der Waals surface area contributed by atoms with Crippen molar-refractivity contribution in [3.8, 4) is 0 Å². The second kappa shape index (κ2) is 8.49. The second-order valence-corrected chi connectivity index (χ2v) is 5.34. The molecule has 0 heterocycles. The van der Waals surface area contributed by atoms with Gasteiger partial charge in [0.05, 0.1) is 7.11 Å². The van der Waals surface area contributed by atoms with Crippen LogP contribution in [0.4, 0.5) is 13.2 Å². The Bertz CT molecular complexity index is 692. The average Bonchev–Trinajstić information content (AvgIpc) is 2.59. The number of esters is 1. The van der Waals surface area contributed by atoms with Crippen LogP contribution in [0, 0.1) is 17.5 Å². The van der Waals surface area contributed by atoms with Crippen LogP contribution in [-0.2, 0) is 22.5 Å². The minimum absolute atomic E-state index is 0.0179. The smallest absolute Gasteiger partial charge is 0.322 e. The molecule has 0 aromatic heterocycles. The summed E-state index contributed by atoms with van der Waals surface area (Å²) in [4.78, 5) is 11.8. The lowest BCUT2D eigenvalue weighted by atomic mass is 10.0. The lowest BCUT2D eigenvalue weighted by molar-refractivity contribution is -0.143. The van der Waals surface area contributed by atoms with Gasteiger partial charge in [-0.3, -0.25) is 4.79 Å². The third-order valence-corrected chi connectivity index (χ3v) is 3.67. The fourth-order valence-corrected chi connectivity index (χ4v) is 2.34. The summed E-state index contributed by atoms with van der Waals surface area (Å²) in [5.74, 6) is -3.67. The average molecular weight is 337 g/mol. The number of ether oxygens (including phenoxy) is 1. The molecule has 0 saturated carbocycles. The lowest BCUT2D eigenvalue weighted by Crippen LogP contribution is -2.37. The largest absolute Gasteiger partial charge is 0.468 e. The first-order valence-corrected chi connectivity index (χ1v) is 7.50. The molecule has 0 fully saturated rings. The molecule has 6 heteroatoms. The highest BCUT2D eigenvalue weighted by molar-refractivity contribution is 5.75. The predicted octanol–water partition coefficient (Wildman–Crippen LogP) is 3.37. The van der Waals surface area contributed by atoms with Gasteiger partial charge in [0, 0.05) is 12.6 Å². The summed E-state index contributed by atoms with van der Waals surface area (Å²) in [6.45, 7) is 0.431. The fourth-order valence-electron chi connectivity index (χ4n) is 2.34. The van der Waals surface area contributed by atoms with Crippen molar-refractivity contribution >= 4 is 5.97 Å². The Morgan fingerprint density at radius 3 is 2.42 bits per heavy atom. The summed E-state index contributed by atoms with van der Waals surface area (Å²) in [5.41, 5.74) is 0.995. The van der Waals surface area contributed by atoms with Crippen LogP contribution in [0.5, 0.6) is 0 Å². The van der Waals surface area contributed by atoms with Gasteiger partial charge in [-0.15, -0.1) is 0 Å². The van der Waals surface area contributed by atoms with E-state index >= 15 is 0 Å². The molecule has 0 aliphatic carbocycles.